The quantitative estimate of drug-likeness (QED) is 0.152. The van der Waals surface area contributed by atoms with Crippen LogP contribution >= 0.6 is 0 Å². The average Bonchev–Trinajstić information content (AvgIpc) is 1.58. The van der Waals surface area contributed by atoms with E-state index < -0.39 is 0 Å². The van der Waals surface area contributed by atoms with Gasteiger partial charge in [0.2, 0.25) is 0 Å². The number of rotatable bonds is 8. The first-order valence-electron chi connectivity index (χ1n) is 39.0. The van der Waals surface area contributed by atoms with Crippen molar-refractivity contribution in [1.82, 2.24) is 19.9 Å². The Kier molecular flexibility index (Phi) is 29.9. The van der Waals surface area contributed by atoms with Crippen LogP contribution in [0.25, 0.3) is 100 Å². The largest absolute Gasteiger partial charge is 0.265 e. The summed E-state index contributed by atoms with van der Waals surface area (Å²) in [5, 5.41) is 0. The molecule has 0 spiro atoms. The van der Waals surface area contributed by atoms with E-state index in [1.807, 2.05) is 172 Å². The summed E-state index contributed by atoms with van der Waals surface area (Å²) in [6, 6.07) is 119. The second-order valence-corrected chi connectivity index (χ2v) is 29.3. The van der Waals surface area contributed by atoms with Gasteiger partial charge in [-0.1, -0.05) is 326 Å². The number of hydrogen-bond acceptors (Lipinski definition) is 4. The van der Waals surface area contributed by atoms with Gasteiger partial charge in [0.05, 0.1) is 0 Å². The van der Waals surface area contributed by atoms with Gasteiger partial charge in [-0.15, -0.1) is 0 Å². The Morgan fingerprint density at radius 3 is 0.931 bits per heavy atom. The number of pyridine rings is 4. The zero-order valence-corrected chi connectivity index (χ0v) is 67.6. The number of nitrogens with zero attached hydrogens (tertiary/aromatic N) is 4. The number of hydrogen-bond donors (Lipinski definition) is 0. The van der Waals surface area contributed by atoms with Crippen LogP contribution < -0.4 is 0 Å². The van der Waals surface area contributed by atoms with E-state index in [4.69, 9.17) is 0 Å². The number of benzene rings is 13. The summed E-state index contributed by atoms with van der Waals surface area (Å²) in [5.41, 5.74) is 34.4. The van der Waals surface area contributed by atoms with Gasteiger partial charge in [0.15, 0.2) is 0 Å². The number of aromatic nitrogens is 4. The van der Waals surface area contributed by atoms with Gasteiger partial charge in [0.25, 0.3) is 0 Å². The van der Waals surface area contributed by atoms with Crippen LogP contribution in [-0.4, -0.2) is 19.9 Å². The summed E-state index contributed by atoms with van der Waals surface area (Å²) in [6.07, 6.45) is 14.6. The van der Waals surface area contributed by atoms with Gasteiger partial charge in [-0.25, -0.2) is 13.2 Å². The Morgan fingerprint density at radius 2 is 0.500 bits per heavy atom. The first-order valence-corrected chi connectivity index (χ1v) is 39.0. The molecule has 0 bridgehead atoms. The van der Waals surface area contributed by atoms with Crippen molar-refractivity contribution in [3.63, 3.8) is 0 Å². The van der Waals surface area contributed by atoms with E-state index in [0.717, 1.165) is 33.4 Å². The van der Waals surface area contributed by atoms with Gasteiger partial charge in [-0.2, -0.15) is 0 Å². The Balaban J connectivity index is 0.000000131. The highest BCUT2D eigenvalue weighted by atomic mass is 19.1. The lowest BCUT2D eigenvalue weighted by Crippen LogP contribution is -2.15. The number of aryl methyl sites for hydroxylation is 8. The van der Waals surface area contributed by atoms with Crippen LogP contribution in [0.2, 0.25) is 0 Å². The standard InChI is InChI=1S/C22H20.3C13H11F.4C12H11N/c1-15-9-11-18-19-12-10-17(16-7-5-4-6-8-16)14-21(19)22(2,3)20(18)13-15;1-10-2-4-11(5-3-10)12-6-8-13(14)9-7-12;2*1-10-5-7-11(8-6-10)12-3-2-4-13(14)9-12;1-10-2-4-11(5-3-10)12-6-8-13-9-7-12;1-10-4-6-11(7-5-10)12-3-2-8-13-9-12;1-10-3-2-4-12(9-10)11-5-7-13-8-6-11;1-10-4-2-3-5-12(10)11-6-8-13-9-7-11/h4-14H,1-3H3;3*2-9H,1H3;4*2-9H,1H3. The molecule has 7 heteroatoms. The van der Waals surface area contributed by atoms with Crippen molar-refractivity contribution >= 4 is 0 Å². The number of halogens is 3. The maximum atomic E-state index is 12.9. The zero-order chi connectivity index (χ0) is 81.6. The summed E-state index contributed by atoms with van der Waals surface area (Å²) in [7, 11) is 0. The fraction of sp³-hybridized carbons (Fsp3) is 0.101. The molecule has 17 aromatic rings. The van der Waals surface area contributed by atoms with Gasteiger partial charge in [-0.05, 0) is 257 Å². The Hall–Kier alpha value is -13.8. The van der Waals surface area contributed by atoms with E-state index in [1.165, 1.54) is 147 Å². The second-order valence-electron chi connectivity index (χ2n) is 29.3. The lowest BCUT2D eigenvalue weighted by atomic mass is 9.81. The normalized spacial score (nSPS) is 10.9. The number of fused-ring (bicyclic) bond motifs is 3. The van der Waals surface area contributed by atoms with Crippen molar-refractivity contribution in [3.8, 4) is 100 Å². The van der Waals surface area contributed by atoms with Crippen molar-refractivity contribution < 1.29 is 13.2 Å². The molecule has 0 aliphatic heterocycles. The Morgan fingerprint density at radius 1 is 0.190 bits per heavy atom. The van der Waals surface area contributed by atoms with Gasteiger partial charge < -0.3 is 0 Å². The molecule has 0 atom stereocenters. The minimum Gasteiger partial charge on any atom is -0.265 e. The molecule has 13 aromatic carbocycles. The molecule has 0 N–H and O–H groups in total. The summed E-state index contributed by atoms with van der Waals surface area (Å²) in [6.45, 7) is 21.4. The van der Waals surface area contributed by atoms with Crippen molar-refractivity contribution in [2.75, 3.05) is 0 Å². The summed E-state index contributed by atoms with van der Waals surface area (Å²) < 4.78 is 38.5. The minimum atomic E-state index is -0.194. The highest BCUT2D eigenvalue weighted by Crippen LogP contribution is 2.50. The predicted molar refractivity (Wildman–Crippen MR) is 482 cm³/mol. The van der Waals surface area contributed by atoms with Gasteiger partial charge in [0.1, 0.15) is 17.5 Å². The van der Waals surface area contributed by atoms with Gasteiger partial charge in [0, 0.05) is 55.0 Å². The van der Waals surface area contributed by atoms with Gasteiger partial charge in [-0.3, -0.25) is 19.9 Å². The molecular weight excluding hydrogens is 1420 g/mol. The lowest BCUT2D eigenvalue weighted by Gasteiger charge is -2.22. The van der Waals surface area contributed by atoms with Crippen LogP contribution in [0.5, 0.6) is 0 Å². The van der Waals surface area contributed by atoms with Crippen LogP contribution in [0, 0.1) is 72.8 Å². The molecule has 18 rings (SSSR count). The van der Waals surface area contributed by atoms with Crippen molar-refractivity contribution in [2.45, 2.75) is 74.7 Å². The van der Waals surface area contributed by atoms with Crippen LogP contribution in [0.15, 0.2) is 407 Å². The SMILES string of the molecule is Cc1ccc(-c2ccc(F)cc2)cc1.Cc1ccc(-c2cccc(F)c2)cc1.Cc1ccc(-c2cccc(F)c2)cc1.Cc1ccc(-c2cccnc2)cc1.Cc1ccc(-c2ccncc2)cc1.Cc1ccc2c(c1)C(C)(C)c1cc(-c3ccccc3)ccc1-2.Cc1cccc(-c2ccncc2)c1.Cc1ccccc1-c1ccncc1. The highest BCUT2D eigenvalue weighted by Gasteiger charge is 2.35. The van der Waals surface area contributed by atoms with Crippen LogP contribution in [0.4, 0.5) is 13.2 Å². The molecule has 0 amide bonds. The van der Waals surface area contributed by atoms with E-state index >= 15 is 0 Å². The maximum absolute atomic E-state index is 12.9. The van der Waals surface area contributed by atoms with Crippen LogP contribution in [-0.2, 0) is 5.41 Å². The van der Waals surface area contributed by atoms with Crippen LogP contribution in [0.1, 0.15) is 69.5 Å². The molecule has 4 heterocycles. The molecule has 1 aliphatic carbocycles. The summed E-state index contributed by atoms with van der Waals surface area (Å²) >= 11 is 0. The smallest absolute Gasteiger partial charge is 0.123 e. The Bertz CT molecular complexity index is 5630. The topological polar surface area (TPSA) is 51.6 Å². The second kappa shape index (κ2) is 41.7. The van der Waals surface area contributed by atoms with E-state index in [1.54, 1.807) is 42.6 Å². The lowest BCUT2D eigenvalue weighted by molar-refractivity contribution is 0.627. The third-order valence-corrected chi connectivity index (χ3v) is 19.9. The maximum Gasteiger partial charge on any atom is 0.123 e. The molecule has 0 unspecified atom stereocenters. The average molecular weight is 1520 g/mol. The fourth-order valence-corrected chi connectivity index (χ4v) is 13.2. The Labute approximate surface area is 684 Å². The summed E-state index contributed by atoms with van der Waals surface area (Å²) in [4.78, 5) is 16.1. The summed E-state index contributed by atoms with van der Waals surface area (Å²) in [5.74, 6) is -0.577. The molecule has 0 radical (unpaired) electrons. The molecule has 0 fully saturated rings. The highest BCUT2D eigenvalue weighted by molar-refractivity contribution is 5.84. The molecular formula is C109H97F3N4. The van der Waals surface area contributed by atoms with Crippen molar-refractivity contribution in [1.29, 1.82) is 0 Å². The first-order chi connectivity index (χ1) is 56.3. The van der Waals surface area contributed by atoms with Crippen molar-refractivity contribution in [3.05, 3.63) is 481 Å². The first kappa shape index (κ1) is 83.2. The molecule has 0 saturated carbocycles. The fourth-order valence-electron chi connectivity index (χ4n) is 13.2. The molecule has 4 nitrogen and oxygen atoms in total. The van der Waals surface area contributed by atoms with Gasteiger partial charge >= 0.3 is 0 Å². The third kappa shape index (κ3) is 24.4. The van der Waals surface area contributed by atoms with Crippen LogP contribution in [0.3, 0.4) is 0 Å². The van der Waals surface area contributed by atoms with E-state index in [0.29, 0.717) is 0 Å². The van der Waals surface area contributed by atoms with E-state index in [2.05, 4.69) is 257 Å². The molecule has 4 aromatic heterocycles. The van der Waals surface area contributed by atoms with E-state index in [-0.39, 0.29) is 22.9 Å². The minimum absolute atomic E-state index is 0.0709. The third-order valence-electron chi connectivity index (χ3n) is 19.9. The van der Waals surface area contributed by atoms with Crippen molar-refractivity contribution in [2.24, 2.45) is 0 Å². The zero-order valence-electron chi connectivity index (χ0n) is 67.6. The molecule has 0 saturated heterocycles. The van der Waals surface area contributed by atoms with E-state index in [9.17, 15) is 13.2 Å². The molecule has 116 heavy (non-hydrogen) atoms. The molecule has 574 valence electrons. The predicted octanol–water partition coefficient (Wildman–Crippen LogP) is 29.6. The molecule has 1 aliphatic rings. The monoisotopic (exact) mass is 1520 g/mol.